The van der Waals surface area contributed by atoms with Crippen molar-refractivity contribution in [2.45, 2.75) is 10.7 Å². The third-order valence-electron chi connectivity index (χ3n) is 3.50. The first-order valence-corrected chi connectivity index (χ1v) is 8.98. The van der Waals surface area contributed by atoms with Crippen molar-refractivity contribution in [2.24, 2.45) is 0 Å². The number of nitro groups is 1. The number of thioether (sulfide) groups is 1. The first kappa shape index (κ1) is 22.7. The Morgan fingerprint density at radius 3 is 2.37 bits per heavy atom. The van der Waals surface area contributed by atoms with Crippen molar-refractivity contribution in [3.05, 3.63) is 63.7 Å². The number of nitrogens with one attached hydrogen (secondary N) is 1. The summed E-state index contributed by atoms with van der Waals surface area (Å²) in [5.74, 6) is -5.52. The van der Waals surface area contributed by atoms with E-state index in [-0.39, 0.29) is 33.5 Å². The largest absolute Gasteiger partial charge is 0.465 e. The van der Waals surface area contributed by atoms with Gasteiger partial charge in [0.25, 0.3) is 17.4 Å². The summed E-state index contributed by atoms with van der Waals surface area (Å²) >= 11 is 0.236. The number of alkyl halides is 2. The molecule has 12 heteroatoms. The predicted octanol–water partition coefficient (Wildman–Crippen LogP) is 3.49. The molecule has 0 aliphatic rings. The molecule has 1 amide bonds. The van der Waals surface area contributed by atoms with Gasteiger partial charge in [-0.1, -0.05) is 23.9 Å². The van der Waals surface area contributed by atoms with E-state index in [0.717, 1.165) is 25.3 Å². The number of carbonyl (C=O) groups excluding carboxylic acids is 3. The SMILES string of the molecule is COC(=O)c1cc(C(=O)OCC(=O)Nc2ccccc2SC(F)F)cc([N+](=O)[O-])c1. The lowest BCUT2D eigenvalue weighted by Gasteiger charge is -2.11. The van der Waals surface area contributed by atoms with Crippen LogP contribution in [0.25, 0.3) is 0 Å². The molecule has 0 aliphatic carbocycles. The van der Waals surface area contributed by atoms with E-state index in [9.17, 15) is 33.3 Å². The zero-order valence-electron chi connectivity index (χ0n) is 15.3. The molecule has 2 aromatic rings. The Balaban J connectivity index is 2.09. The maximum absolute atomic E-state index is 12.6. The van der Waals surface area contributed by atoms with Crippen molar-refractivity contribution in [1.82, 2.24) is 0 Å². The lowest BCUT2D eigenvalue weighted by molar-refractivity contribution is -0.384. The second kappa shape index (κ2) is 10.3. The van der Waals surface area contributed by atoms with E-state index in [1.165, 1.54) is 24.3 Å². The topological polar surface area (TPSA) is 125 Å². The van der Waals surface area contributed by atoms with Gasteiger partial charge in [-0.05, 0) is 18.2 Å². The molecule has 0 aromatic heterocycles. The van der Waals surface area contributed by atoms with Gasteiger partial charge in [-0.3, -0.25) is 14.9 Å². The number of hydrogen-bond acceptors (Lipinski definition) is 8. The number of nitrogens with zero attached hydrogens (tertiary/aromatic N) is 1. The molecule has 0 radical (unpaired) electrons. The Morgan fingerprint density at radius 1 is 1.13 bits per heavy atom. The average molecular weight is 440 g/mol. The smallest absolute Gasteiger partial charge is 0.338 e. The Labute approximate surface area is 172 Å². The van der Waals surface area contributed by atoms with Crippen LogP contribution in [0.3, 0.4) is 0 Å². The van der Waals surface area contributed by atoms with Gasteiger partial charge in [0.05, 0.1) is 28.8 Å². The third kappa shape index (κ3) is 6.24. The van der Waals surface area contributed by atoms with E-state index in [1.54, 1.807) is 0 Å². The summed E-state index contributed by atoms with van der Waals surface area (Å²) in [7, 11) is 1.06. The van der Waals surface area contributed by atoms with E-state index >= 15 is 0 Å². The van der Waals surface area contributed by atoms with Gasteiger partial charge in [-0.25, -0.2) is 9.59 Å². The minimum absolute atomic E-state index is 0.104. The van der Waals surface area contributed by atoms with Crippen molar-refractivity contribution < 1.29 is 37.6 Å². The Morgan fingerprint density at radius 2 is 1.77 bits per heavy atom. The van der Waals surface area contributed by atoms with Gasteiger partial charge < -0.3 is 14.8 Å². The van der Waals surface area contributed by atoms with E-state index < -0.39 is 40.8 Å². The van der Waals surface area contributed by atoms with Crippen LogP contribution < -0.4 is 5.32 Å². The number of nitro benzene ring substituents is 1. The van der Waals surface area contributed by atoms with Crippen LogP contribution in [0.2, 0.25) is 0 Å². The summed E-state index contributed by atoms with van der Waals surface area (Å²) in [6, 6.07) is 8.64. The molecule has 0 heterocycles. The highest BCUT2D eigenvalue weighted by molar-refractivity contribution is 7.99. The normalized spacial score (nSPS) is 10.4. The minimum Gasteiger partial charge on any atom is -0.465 e. The maximum Gasteiger partial charge on any atom is 0.338 e. The molecular formula is C18H14F2N2O7S. The van der Waals surface area contributed by atoms with Crippen molar-refractivity contribution in [1.29, 1.82) is 0 Å². The molecule has 9 nitrogen and oxygen atoms in total. The Hall–Kier alpha value is -3.54. The first-order chi connectivity index (χ1) is 14.2. The van der Waals surface area contributed by atoms with Crippen LogP contribution in [0, 0.1) is 10.1 Å². The van der Waals surface area contributed by atoms with E-state index in [1.807, 2.05) is 0 Å². The summed E-state index contributed by atoms with van der Waals surface area (Å²) in [5, 5.41) is 13.3. The molecule has 0 fully saturated rings. The molecule has 0 bridgehead atoms. The van der Waals surface area contributed by atoms with Crippen molar-refractivity contribution in [3.63, 3.8) is 0 Å². The third-order valence-corrected chi connectivity index (χ3v) is 4.29. The number of amides is 1. The number of rotatable bonds is 8. The van der Waals surface area contributed by atoms with Gasteiger partial charge in [0.1, 0.15) is 0 Å². The Kier molecular flexibility index (Phi) is 7.81. The van der Waals surface area contributed by atoms with Crippen LogP contribution >= 0.6 is 11.8 Å². The molecule has 0 unspecified atom stereocenters. The number of carbonyl (C=O) groups is 3. The van der Waals surface area contributed by atoms with Crippen LogP contribution in [0.1, 0.15) is 20.7 Å². The van der Waals surface area contributed by atoms with Crippen molar-refractivity contribution in [3.8, 4) is 0 Å². The second-order valence-corrected chi connectivity index (χ2v) is 6.55. The standard InChI is InChI=1S/C18H14F2N2O7S/c1-28-16(24)10-6-11(8-12(7-10)22(26)27)17(25)29-9-15(23)21-13-4-2-3-5-14(13)30-18(19)20/h2-8,18H,9H2,1H3,(H,21,23). The first-order valence-electron chi connectivity index (χ1n) is 8.10. The number of esters is 2. The van der Waals surface area contributed by atoms with Crippen LogP contribution in [0.4, 0.5) is 20.2 Å². The number of halogens is 2. The van der Waals surface area contributed by atoms with Crippen LogP contribution in [-0.2, 0) is 14.3 Å². The van der Waals surface area contributed by atoms with Crippen molar-refractivity contribution >= 4 is 41.0 Å². The minimum atomic E-state index is -2.70. The molecule has 0 atom stereocenters. The van der Waals surface area contributed by atoms with Crippen LogP contribution in [0.5, 0.6) is 0 Å². The summed E-state index contributed by atoms with van der Waals surface area (Å²) in [4.78, 5) is 46.1. The highest BCUT2D eigenvalue weighted by Gasteiger charge is 2.20. The number of ether oxygens (including phenoxy) is 2. The molecule has 158 valence electrons. The van der Waals surface area contributed by atoms with E-state index in [2.05, 4.69) is 10.1 Å². The predicted molar refractivity (Wildman–Crippen MR) is 102 cm³/mol. The van der Waals surface area contributed by atoms with E-state index in [4.69, 9.17) is 4.74 Å². The van der Waals surface area contributed by atoms with Crippen molar-refractivity contribution in [2.75, 3.05) is 19.0 Å². The zero-order chi connectivity index (χ0) is 22.3. The number of methoxy groups -OCH3 is 1. The fraction of sp³-hybridized carbons (Fsp3) is 0.167. The summed E-state index contributed by atoms with van der Waals surface area (Å²) in [6.45, 7) is -0.789. The van der Waals surface area contributed by atoms with E-state index in [0.29, 0.717) is 0 Å². The quantitative estimate of drug-likeness (QED) is 0.286. The average Bonchev–Trinajstić information content (AvgIpc) is 2.72. The molecule has 30 heavy (non-hydrogen) atoms. The lowest BCUT2D eigenvalue weighted by atomic mass is 10.1. The molecule has 0 aliphatic heterocycles. The fourth-order valence-electron chi connectivity index (χ4n) is 2.24. The van der Waals surface area contributed by atoms with Crippen LogP contribution in [0.15, 0.2) is 47.4 Å². The number of para-hydroxylation sites is 1. The molecule has 0 spiro atoms. The highest BCUT2D eigenvalue weighted by Crippen LogP contribution is 2.31. The number of non-ortho nitro benzene ring substituents is 1. The molecule has 0 saturated carbocycles. The monoisotopic (exact) mass is 440 g/mol. The molecular weight excluding hydrogens is 426 g/mol. The molecule has 2 rings (SSSR count). The van der Waals surface area contributed by atoms with Gasteiger partial charge in [0, 0.05) is 17.0 Å². The highest BCUT2D eigenvalue weighted by atomic mass is 32.2. The van der Waals surface area contributed by atoms with Gasteiger partial charge in [0.2, 0.25) is 0 Å². The Bertz CT molecular complexity index is 985. The molecule has 0 saturated heterocycles. The van der Waals surface area contributed by atoms with Gasteiger partial charge in [0.15, 0.2) is 6.61 Å². The number of anilines is 1. The van der Waals surface area contributed by atoms with Crippen LogP contribution in [-0.4, -0.2) is 42.2 Å². The van der Waals surface area contributed by atoms with Gasteiger partial charge in [-0.15, -0.1) is 0 Å². The summed E-state index contributed by atoms with van der Waals surface area (Å²) < 4.78 is 34.4. The van der Waals surface area contributed by atoms with Gasteiger partial charge in [-0.2, -0.15) is 8.78 Å². The number of hydrogen-bond donors (Lipinski definition) is 1. The van der Waals surface area contributed by atoms with Gasteiger partial charge >= 0.3 is 11.9 Å². The summed E-state index contributed by atoms with van der Waals surface area (Å²) in [6.07, 6.45) is 0. The lowest BCUT2D eigenvalue weighted by Crippen LogP contribution is -2.21. The second-order valence-electron chi connectivity index (χ2n) is 5.52. The molecule has 2 aromatic carbocycles. The zero-order valence-corrected chi connectivity index (χ0v) is 16.1. The summed E-state index contributed by atoms with van der Waals surface area (Å²) in [5.41, 5.74) is -1.04. The maximum atomic E-state index is 12.6. The molecule has 1 N–H and O–H groups in total. The fourth-order valence-corrected chi connectivity index (χ4v) is 2.83. The number of benzene rings is 2.